The highest BCUT2D eigenvalue weighted by Gasteiger charge is 2.87. The summed E-state index contributed by atoms with van der Waals surface area (Å²) in [6.07, 6.45) is -9.39. The van der Waals surface area contributed by atoms with Crippen molar-refractivity contribution in [3.05, 3.63) is 35.4 Å². The first kappa shape index (κ1) is 26.4. The van der Waals surface area contributed by atoms with Gasteiger partial charge in [-0.15, -0.1) is 0 Å². The Labute approximate surface area is 164 Å². The van der Waals surface area contributed by atoms with E-state index in [9.17, 15) is 53.4 Å². The fraction of sp³-hybridized carbons (Fsp3) is 0.667. The van der Waals surface area contributed by atoms with Gasteiger partial charge < -0.3 is 5.11 Å². The maximum atomic E-state index is 14.0. The summed E-state index contributed by atoms with van der Waals surface area (Å²) in [5, 5.41) is 10.2. The normalized spacial score (nSPS) is 16.7. The maximum absolute atomic E-state index is 14.0. The molecule has 1 aromatic rings. The molecule has 1 N–H and O–H groups in total. The van der Waals surface area contributed by atoms with Crippen LogP contribution >= 0.6 is 0 Å². The fourth-order valence-electron chi connectivity index (χ4n) is 2.75. The lowest BCUT2D eigenvalue weighted by Gasteiger charge is -2.39. The van der Waals surface area contributed by atoms with E-state index >= 15 is 0 Å². The van der Waals surface area contributed by atoms with Gasteiger partial charge in [-0.05, 0) is 30.4 Å². The predicted octanol–water partition coefficient (Wildman–Crippen LogP) is 6.59. The van der Waals surface area contributed by atoms with Crippen molar-refractivity contribution in [3.63, 3.8) is 0 Å². The molecule has 0 amide bonds. The predicted molar refractivity (Wildman–Crippen MR) is 85.0 cm³/mol. The molecule has 1 unspecified atom stereocenters. The third-order valence-corrected chi connectivity index (χ3v) is 4.36. The number of alkyl halides is 11. The summed E-state index contributed by atoms with van der Waals surface area (Å²) in [4.78, 5) is 0. The minimum absolute atomic E-state index is 0.0549. The Morgan fingerprint density at radius 1 is 0.800 bits per heavy atom. The molecule has 1 nitrogen and oxygen atoms in total. The molecule has 0 spiro atoms. The van der Waals surface area contributed by atoms with E-state index in [-0.39, 0.29) is 5.92 Å². The number of aliphatic hydroxyl groups is 1. The van der Waals surface area contributed by atoms with Gasteiger partial charge in [-0.25, -0.2) is 0 Å². The summed E-state index contributed by atoms with van der Waals surface area (Å²) in [5.41, 5.74) is -2.92. The lowest BCUT2D eigenvalue weighted by molar-refractivity contribution is -0.424. The topological polar surface area (TPSA) is 20.2 Å². The van der Waals surface area contributed by atoms with Gasteiger partial charge in [0.1, 0.15) is 0 Å². The summed E-state index contributed by atoms with van der Waals surface area (Å²) < 4.78 is 144. The Morgan fingerprint density at radius 3 is 1.73 bits per heavy atom. The van der Waals surface area contributed by atoms with Crippen LogP contribution in [0.1, 0.15) is 38.3 Å². The lowest BCUT2D eigenvalue weighted by atomic mass is 9.84. The first-order valence-electron chi connectivity index (χ1n) is 8.50. The molecule has 0 saturated carbocycles. The van der Waals surface area contributed by atoms with Gasteiger partial charge in [-0.1, -0.05) is 38.1 Å². The molecule has 0 aliphatic carbocycles. The summed E-state index contributed by atoms with van der Waals surface area (Å²) in [5.74, 6) is -28.2. The number of benzene rings is 1. The quantitative estimate of drug-likeness (QED) is 0.434. The van der Waals surface area contributed by atoms with Gasteiger partial charge in [-0.2, -0.15) is 48.3 Å². The molecule has 1 aromatic carbocycles. The highest BCUT2D eigenvalue weighted by Crippen LogP contribution is 2.59. The number of rotatable bonds is 8. The fourth-order valence-corrected chi connectivity index (χ4v) is 2.75. The summed E-state index contributed by atoms with van der Waals surface area (Å²) in [6, 6.07) is 4.88. The molecule has 1 rings (SSSR count). The lowest BCUT2D eigenvalue weighted by Crippen LogP contribution is -2.67. The average molecular weight is 460 g/mol. The van der Waals surface area contributed by atoms with Crippen molar-refractivity contribution in [2.75, 3.05) is 0 Å². The van der Waals surface area contributed by atoms with Crippen molar-refractivity contribution in [3.8, 4) is 0 Å². The van der Waals surface area contributed by atoms with Crippen LogP contribution in [-0.4, -0.2) is 35.0 Å². The van der Waals surface area contributed by atoms with Crippen LogP contribution < -0.4 is 0 Å². The number of hydrogen-bond donors (Lipinski definition) is 1. The molecule has 30 heavy (non-hydrogen) atoms. The van der Waals surface area contributed by atoms with Gasteiger partial charge in [0.2, 0.25) is 0 Å². The molecule has 0 aliphatic heterocycles. The van der Waals surface area contributed by atoms with Gasteiger partial charge in [0.15, 0.2) is 0 Å². The van der Waals surface area contributed by atoms with Crippen LogP contribution in [0.5, 0.6) is 0 Å². The van der Waals surface area contributed by atoms with Crippen molar-refractivity contribution in [1.29, 1.82) is 0 Å². The van der Waals surface area contributed by atoms with Crippen LogP contribution in [0.25, 0.3) is 0 Å². The van der Waals surface area contributed by atoms with Gasteiger partial charge in [-0.3, -0.25) is 0 Å². The van der Waals surface area contributed by atoms with Crippen LogP contribution in [0.15, 0.2) is 24.3 Å². The van der Waals surface area contributed by atoms with E-state index in [0.29, 0.717) is 18.9 Å². The first-order valence-corrected chi connectivity index (χ1v) is 8.50. The highest BCUT2D eigenvalue weighted by molar-refractivity contribution is 5.29. The number of halogens is 11. The molecule has 0 heterocycles. The Bertz CT molecular complexity index is 736. The van der Waals surface area contributed by atoms with E-state index in [2.05, 4.69) is 0 Å². The highest BCUT2D eigenvalue weighted by atomic mass is 19.4. The SMILES string of the molecule is CC(C)Cc1cccc(C(C)(O)CC(F)(F)C(F)(F)C(F)(F)C(F)(F)C(F)(F)F)c1. The second-order valence-electron chi connectivity index (χ2n) is 7.67. The van der Waals surface area contributed by atoms with E-state index in [4.69, 9.17) is 0 Å². The van der Waals surface area contributed by atoms with Crippen molar-refractivity contribution in [2.45, 2.75) is 69.1 Å². The van der Waals surface area contributed by atoms with Crippen LogP contribution in [0.3, 0.4) is 0 Å². The molecule has 174 valence electrons. The monoisotopic (exact) mass is 460 g/mol. The van der Waals surface area contributed by atoms with Gasteiger partial charge in [0, 0.05) is 0 Å². The zero-order valence-electron chi connectivity index (χ0n) is 15.9. The largest absolute Gasteiger partial charge is 0.460 e. The third kappa shape index (κ3) is 4.67. The molecule has 0 aromatic heterocycles. The molecule has 0 radical (unpaired) electrons. The first-order chi connectivity index (χ1) is 13.1. The molecular formula is C18H19F11O. The molecule has 0 aliphatic rings. The molecular weight excluding hydrogens is 441 g/mol. The minimum atomic E-state index is -7.49. The Balaban J connectivity index is 3.33. The van der Waals surface area contributed by atoms with E-state index < -0.39 is 47.5 Å². The molecule has 0 bridgehead atoms. The van der Waals surface area contributed by atoms with Gasteiger partial charge >= 0.3 is 29.9 Å². The molecule has 12 heteroatoms. The van der Waals surface area contributed by atoms with E-state index in [1.807, 2.05) is 0 Å². The number of hydrogen-bond acceptors (Lipinski definition) is 1. The molecule has 0 fully saturated rings. The van der Waals surface area contributed by atoms with Crippen molar-refractivity contribution >= 4 is 0 Å². The van der Waals surface area contributed by atoms with Crippen molar-refractivity contribution in [2.24, 2.45) is 5.92 Å². The van der Waals surface area contributed by atoms with Gasteiger partial charge in [0.25, 0.3) is 0 Å². The standard InChI is InChI=1S/C18H19F11O/c1-10(2)7-11-5-4-6-12(8-11)13(3,30)9-14(19,20)15(21,22)16(23,24)17(25,26)18(27,28)29/h4-6,8,10,30H,7,9H2,1-3H3. The second kappa shape index (κ2) is 7.83. The molecule has 0 saturated heterocycles. The average Bonchev–Trinajstić information content (AvgIpc) is 2.51. The smallest absolute Gasteiger partial charge is 0.385 e. The van der Waals surface area contributed by atoms with Gasteiger partial charge in [0.05, 0.1) is 12.0 Å². The Morgan fingerprint density at radius 2 is 1.30 bits per heavy atom. The zero-order valence-corrected chi connectivity index (χ0v) is 15.9. The van der Waals surface area contributed by atoms with Crippen LogP contribution in [0.2, 0.25) is 0 Å². The van der Waals surface area contributed by atoms with Crippen molar-refractivity contribution in [1.82, 2.24) is 0 Å². The van der Waals surface area contributed by atoms with Crippen LogP contribution in [0.4, 0.5) is 48.3 Å². The van der Waals surface area contributed by atoms with Crippen molar-refractivity contribution < 1.29 is 53.4 Å². The summed E-state index contributed by atoms with van der Waals surface area (Å²) in [7, 11) is 0. The Kier molecular flexibility index (Phi) is 6.90. The summed E-state index contributed by atoms with van der Waals surface area (Å²) in [6.45, 7) is 4.09. The van der Waals surface area contributed by atoms with E-state index in [1.54, 1.807) is 13.8 Å². The molecule has 1 atom stereocenters. The third-order valence-electron chi connectivity index (χ3n) is 4.36. The minimum Gasteiger partial charge on any atom is -0.385 e. The van der Waals surface area contributed by atoms with E-state index in [0.717, 1.165) is 12.1 Å². The zero-order chi connectivity index (χ0) is 24.0. The Hall–Kier alpha value is -1.59. The van der Waals surface area contributed by atoms with E-state index in [1.165, 1.54) is 12.1 Å². The summed E-state index contributed by atoms with van der Waals surface area (Å²) >= 11 is 0. The van der Waals surface area contributed by atoms with Crippen LogP contribution in [-0.2, 0) is 12.0 Å². The van der Waals surface area contributed by atoms with Crippen LogP contribution in [0, 0.1) is 5.92 Å². The maximum Gasteiger partial charge on any atom is 0.460 e. The second-order valence-corrected chi connectivity index (χ2v) is 7.67.